The van der Waals surface area contributed by atoms with Crippen LogP contribution in [0.2, 0.25) is 0 Å². The third kappa shape index (κ3) is 5.58. The monoisotopic (exact) mass is 490 g/mol. The zero-order chi connectivity index (χ0) is 25.1. The molecule has 3 atom stereocenters. The van der Waals surface area contributed by atoms with E-state index in [-0.39, 0.29) is 12.3 Å². The van der Waals surface area contributed by atoms with Crippen molar-refractivity contribution < 1.29 is 19.4 Å². The lowest BCUT2D eigenvalue weighted by molar-refractivity contribution is -0.145. The number of ether oxygens (including phenoxy) is 1. The number of amides is 1. The number of likely N-dealkylation sites (tertiary alicyclic amines) is 1. The fraction of sp³-hybridized carbons (Fsp3) is 0.567. The third-order valence-electron chi connectivity index (χ3n) is 8.89. The van der Waals surface area contributed by atoms with E-state index in [4.69, 9.17) is 4.74 Å². The number of aromatic nitrogens is 1. The molecule has 3 saturated carbocycles. The van der Waals surface area contributed by atoms with Crippen molar-refractivity contribution >= 4 is 11.9 Å². The van der Waals surface area contributed by atoms with Crippen molar-refractivity contribution in [3.05, 3.63) is 59.4 Å². The molecule has 6 nitrogen and oxygen atoms in total. The Bertz CT molecular complexity index is 1020. The fourth-order valence-electron chi connectivity index (χ4n) is 6.74. The molecule has 2 heterocycles. The lowest BCUT2D eigenvalue weighted by Gasteiger charge is -2.44. The highest BCUT2D eigenvalue weighted by molar-refractivity contribution is 5.82. The van der Waals surface area contributed by atoms with E-state index in [1.54, 1.807) is 0 Å². The quantitative estimate of drug-likeness (QED) is 0.518. The molecule has 2 bridgehead atoms. The molecule has 3 unspecified atom stereocenters. The minimum atomic E-state index is -0.901. The van der Waals surface area contributed by atoms with E-state index >= 15 is 0 Å². The standard InChI is InChI=1S/C30H38N2O4/c1-2-20-3-10-25(31-17-20)13-14-36-26-11-4-21(5-12-26)15-24(30(34)35)16-29(33)32-18-27-22-6-7-23(9-8-22)28(27)19-32/h3-5,10-12,17,22-24,27-28H,2,6-9,13-16,18-19H2,1H3,(H,34,35). The highest BCUT2D eigenvalue weighted by Crippen LogP contribution is 2.51. The van der Waals surface area contributed by atoms with Crippen molar-refractivity contribution in [1.82, 2.24) is 9.88 Å². The molecule has 6 heteroatoms. The average Bonchev–Trinajstić information content (AvgIpc) is 3.38. The molecule has 1 aromatic heterocycles. The number of hydrogen-bond acceptors (Lipinski definition) is 4. The average molecular weight is 491 g/mol. The Kier molecular flexibility index (Phi) is 7.59. The minimum Gasteiger partial charge on any atom is -0.493 e. The van der Waals surface area contributed by atoms with E-state index < -0.39 is 11.9 Å². The number of pyridine rings is 1. The molecule has 1 amide bonds. The number of carboxylic acids is 1. The smallest absolute Gasteiger partial charge is 0.307 e. The van der Waals surface area contributed by atoms with Crippen LogP contribution in [0.4, 0.5) is 0 Å². The van der Waals surface area contributed by atoms with Crippen LogP contribution < -0.4 is 4.74 Å². The predicted molar refractivity (Wildman–Crippen MR) is 138 cm³/mol. The van der Waals surface area contributed by atoms with E-state index in [9.17, 15) is 14.7 Å². The maximum atomic E-state index is 13.1. The van der Waals surface area contributed by atoms with Gasteiger partial charge in [-0.25, -0.2) is 0 Å². The van der Waals surface area contributed by atoms with Crippen molar-refractivity contribution in [1.29, 1.82) is 0 Å². The van der Waals surface area contributed by atoms with E-state index in [1.165, 1.54) is 31.2 Å². The first-order valence-electron chi connectivity index (χ1n) is 13.7. The number of aliphatic carboxylic acids is 1. The Hall–Kier alpha value is -2.89. The number of hydrogen-bond donors (Lipinski definition) is 1. The summed E-state index contributed by atoms with van der Waals surface area (Å²) in [6.07, 6.45) is 9.30. The number of carbonyl (C=O) groups excluding carboxylic acids is 1. The third-order valence-corrected chi connectivity index (χ3v) is 8.89. The van der Waals surface area contributed by atoms with Crippen LogP contribution in [0.5, 0.6) is 5.75 Å². The number of benzene rings is 1. The maximum absolute atomic E-state index is 13.1. The normalized spacial score (nSPS) is 25.4. The van der Waals surface area contributed by atoms with Gasteiger partial charge in [0.15, 0.2) is 0 Å². The Labute approximate surface area is 214 Å². The van der Waals surface area contributed by atoms with Crippen molar-refractivity contribution in [3.63, 3.8) is 0 Å². The van der Waals surface area contributed by atoms with Gasteiger partial charge in [0, 0.05) is 37.8 Å². The fourth-order valence-corrected chi connectivity index (χ4v) is 6.74. The largest absolute Gasteiger partial charge is 0.493 e. The summed E-state index contributed by atoms with van der Waals surface area (Å²) in [7, 11) is 0. The number of rotatable bonds is 10. The molecular weight excluding hydrogens is 452 g/mol. The van der Waals surface area contributed by atoms with Crippen LogP contribution in [0.25, 0.3) is 0 Å². The van der Waals surface area contributed by atoms with Crippen LogP contribution in [0.3, 0.4) is 0 Å². The van der Waals surface area contributed by atoms with Gasteiger partial charge in [-0.2, -0.15) is 0 Å². The summed E-state index contributed by atoms with van der Waals surface area (Å²) in [5.74, 6) is 1.98. The first-order valence-corrected chi connectivity index (χ1v) is 13.7. The van der Waals surface area contributed by atoms with Gasteiger partial charge in [-0.3, -0.25) is 14.6 Å². The molecule has 0 radical (unpaired) electrons. The second kappa shape index (κ2) is 11.0. The molecule has 192 valence electrons. The molecule has 1 saturated heterocycles. The summed E-state index contributed by atoms with van der Waals surface area (Å²) in [6, 6.07) is 11.7. The topological polar surface area (TPSA) is 79.7 Å². The molecule has 1 aliphatic heterocycles. The van der Waals surface area contributed by atoms with Gasteiger partial charge in [-0.1, -0.05) is 25.1 Å². The van der Waals surface area contributed by atoms with Gasteiger partial charge < -0.3 is 14.7 Å². The minimum absolute atomic E-state index is 0.0109. The number of carboxylic acid groups (broad SMARTS) is 1. The van der Waals surface area contributed by atoms with Crippen LogP contribution >= 0.6 is 0 Å². The second-order valence-corrected chi connectivity index (χ2v) is 11.0. The SMILES string of the molecule is CCc1ccc(CCOc2ccc(CC(CC(=O)N3CC4C5CCC(CC5)C4C3)C(=O)O)cc2)nc1. The van der Waals surface area contributed by atoms with Gasteiger partial charge in [-0.15, -0.1) is 0 Å². The molecule has 1 N–H and O–H groups in total. The van der Waals surface area contributed by atoms with Crippen LogP contribution in [0.15, 0.2) is 42.6 Å². The Morgan fingerprint density at radius 1 is 1.00 bits per heavy atom. The summed E-state index contributed by atoms with van der Waals surface area (Å²) >= 11 is 0. The van der Waals surface area contributed by atoms with E-state index in [0.717, 1.165) is 54.8 Å². The zero-order valence-electron chi connectivity index (χ0n) is 21.3. The molecule has 0 spiro atoms. The number of carbonyl (C=O) groups is 2. The summed E-state index contributed by atoms with van der Waals surface area (Å²) in [5, 5.41) is 9.84. The van der Waals surface area contributed by atoms with Crippen LogP contribution in [0, 0.1) is 29.6 Å². The summed E-state index contributed by atoms with van der Waals surface area (Å²) < 4.78 is 5.86. The summed E-state index contributed by atoms with van der Waals surface area (Å²) in [5.41, 5.74) is 3.14. The molecule has 3 aliphatic carbocycles. The lowest BCUT2D eigenvalue weighted by atomic mass is 9.60. The van der Waals surface area contributed by atoms with Crippen molar-refractivity contribution in [3.8, 4) is 5.75 Å². The molecule has 2 aromatic rings. The van der Waals surface area contributed by atoms with Crippen molar-refractivity contribution in [2.45, 2.75) is 58.3 Å². The van der Waals surface area contributed by atoms with Crippen LogP contribution in [0.1, 0.15) is 55.8 Å². The van der Waals surface area contributed by atoms with Gasteiger partial charge in [0.2, 0.25) is 5.91 Å². The van der Waals surface area contributed by atoms with Gasteiger partial charge in [-0.05, 0) is 91.5 Å². The van der Waals surface area contributed by atoms with E-state index in [1.807, 2.05) is 41.4 Å². The maximum Gasteiger partial charge on any atom is 0.307 e. The Morgan fingerprint density at radius 2 is 1.64 bits per heavy atom. The van der Waals surface area contributed by atoms with Gasteiger partial charge in [0.25, 0.3) is 0 Å². The summed E-state index contributed by atoms with van der Waals surface area (Å²) in [6.45, 7) is 4.31. The van der Waals surface area contributed by atoms with Gasteiger partial charge >= 0.3 is 5.97 Å². The Balaban J connectivity index is 1.11. The Morgan fingerprint density at radius 3 is 2.19 bits per heavy atom. The van der Waals surface area contributed by atoms with Crippen LogP contribution in [-0.2, 0) is 28.9 Å². The molecule has 36 heavy (non-hydrogen) atoms. The molecule has 4 aliphatic rings. The first-order chi connectivity index (χ1) is 17.5. The zero-order valence-corrected chi connectivity index (χ0v) is 21.3. The van der Waals surface area contributed by atoms with E-state index in [2.05, 4.69) is 18.0 Å². The number of fused-ring (bicyclic) bond motifs is 2. The van der Waals surface area contributed by atoms with Gasteiger partial charge in [0.05, 0.1) is 12.5 Å². The van der Waals surface area contributed by atoms with Crippen molar-refractivity contribution in [2.75, 3.05) is 19.7 Å². The highest BCUT2D eigenvalue weighted by Gasteiger charge is 2.49. The number of nitrogens with zero attached hydrogens (tertiary/aromatic N) is 2. The van der Waals surface area contributed by atoms with E-state index in [0.29, 0.717) is 24.9 Å². The lowest BCUT2D eigenvalue weighted by Crippen LogP contribution is -2.38. The summed E-state index contributed by atoms with van der Waals surface area (Å²) in [4.78, 5) is 31.5. The highest BCUT2D eigenvalue weighted by atomic mass is 16.5. The number of aryl methyl sites for hydroxylation is 1. The first kappa shape index (κ1) is 24.8. The molecular formula is C30H38N2O4. The molecule has 6 rings (SSSR count). The van der Waals surface area contributed by atoms with Crippen LogP contribution in [-0.4, -0.2) is 46.6 Å². The predicted octanol–water partition coefficient (Wildman–Crippen LogP) is 4.79. The molecule has 4 fully saturated rings. The molecule has 1 aromatic carbocycles. The van der Waals surface area contributed by atoms with Gasteiger partial charge in [0.1, 0.15) is 5.75 Å². The van der Waals surface area contributed by atoms with Crippen molar-refractivity contribution in [2.24, 2.45) is 29.6 Å². The second-order valence-electron chi connectivity index (χ2n) is 11.0.